The molecule has 0 amide bonds. The average Bonchev–Trinajstić information content (AvgIpc) is 2.64. The van der Waals surface area contributed by atoms with Gasteiger partial charge in [-0.25, -0.2) is 13.2 Å². The van der Waals surface area contributed by atoms with E-state index in [1.165, 1.54) is 44.2 Å². The highest BCUT2D eigenvalue weighted by Crippen LogP contribution is 2.54. The van der Waals surface area contributed by atoms with Crippen LogP contribution in [-0.4, -0.2) is 13.2 Å². The number of rotatable bonds is 2. The second-order valence-corrected chi connectivity index (χ2v) is 8.40. The van der Waals surface area contributed by atoms with E-state index < -0.39 is 17.5 Å². The number of benzene rings is 1. The molecule has 6 unspecified atom stereocenters. The fourth-order valence-electron chi connectivity index (χ4n) is 6.08. The highest BCUT2D eigenvalue weighted by Gasteiger charge is 2.44. The summed E-state index contributed by atoms with van der Waals surface area (Å²) in [6.45, 7) is 0. The molecule has 4 heteroatoms. The predicted molar refractivity (Wildman–Crippen MR) is 90.8 cm³/mol. The van der Waals surface area contributed by atoms with Crippen LogP contribution in [0.5, 0.6) is 0 Å². The van der Waals surface area contributed by atoms with Crippen molar-refractivity contribution in [3.8, 4) is 0 Å². The lowest BCUT2D eigenvalue weighted by Crippen LogP contribution is -2.42. The number of ether oxygens (including phenoxy) is 1. The molecule has 25 heavy (non-hydrogen) atoms. The number of hydrogen-bond acceptors (Lipinski definition) is 1. The smallest absolute Gasteiger partial charge is 0.194 e. The van der Waals surface area contributed by atoms with E-state index in [9.17, 15) is 13.2 Å². The molecule has 138 valence electrons. The molecule has 0 N–H and O–H groups in total. The second kappa shape index (κ2) is 6.94. The van der Waals surface area contributed by atoms with Crippen LogP contribution in [0.1, 0.15) is 62.8 Å². The van der Waals surface area contributed by atoms with Gasteiger partial charge < -0.3 is 4.74 Å². The molecular formula is C21H27F3O. The number of hydrogen-bond donors (Lipinski definition) is 0. The van der Waals surface area contributed by atoms with Gasteiger partial charge in [0.15, 0.2) is 17.5 Å². The SMILES string of the molecule is COC1CCC2C(CCC3CC(c4cc(F)c(F)c(F)c4)CCC32)C1. The first kappa shape index (κ1) is 17.4. The van der Waals surface area contributed by atoms with E-state index in [2.05, 4.69) is 0 Å². The largest absolute Gasteiger partial charge is 0.381 e. The van der Waals surface area contributed by atoms with E-state index in [0.717, 1.165) is 37.0 Å². The Labute approximate surface area is 147 Å². The van der Waals surface area contributed by atoms with Crippen LogP contribution in [0.4, 0.5) is 13.2 Å². The van der Waals surface area contributed by atoms with E-state index in [4.69, 9.17) is 4.74 Å². The summed E-state index contributed by atoms with van der Waals surface area (Å²) in [6, 6.07) is 2.41. The van der Waals surface area contributed by atoms with Gasteiger partial charge in [0.2, 0.25) is 0 Å². The Bertz CT molecular complexity index is 609. The summed E-state index contributed by atoms with van der Waals surface area (Å²) in [5.41, 5.74) is 0.639. The lowest BCUT2D eigenvalue weighted by molar-refractivity contribution is -0.0347. The van der Waals surface area contributed by atoms with Crippen molar-refractivity contribution < 1.29 is 17.9 Å². The maximum atomic E-state index is 13.6. The Balaban J connectivity index is 1.47. The molecule has 1 aromatic rings. The number of halogens is 3. The zero-order valence-corrected chi connectivity index (χ0v) is 14.8. The molecule has 0 aromatic heterocycles. The Morgan fingerprint density at radius 1 is 0.800 bits per heavy atom. The highest BCUT2D eigenvalue weighted by atomic mass is 19.2. The molecule has 0 bridgehead atoms. The van der Waals surface area contributed by atoms with Gasteiger partial charge in [0.1, 0.15) is 0 Å². The van der Waals surface area contributed by atoms with Gasteiger partial charge in [-0.05, 0) is 98.7 Å². The molecular weight excluding hydrogens is 325 g/mol. The van der Waals surface area contributed by atoms with Gasteiger partial charge in [-0.3, -0.25) is 0 Å². The minimum absolute atomic E-state index is 0.165. The zero-order valence-electron chi connectivity index (χ0n) is 14.8. The first-order valence-corrected chi connectivity index (χ1v) is 9.74. The van der Waals surface area contributed by atoms with Crippen molar-refractivity contribution in [1.82, 2.24) is 0 Å². The van der Waals surface area contributed by atoms with Crippen LogP contribution in [0, 0.1) is 41.1 Å². The van der Waals surface area contributed by atoms with E-state index in [1.54, 1.807) is 0 Å². The summed E-state index contributed by atoms with van der Waals surface area (Å²) in [4.78, 5) is 0. The van der Waals surface area contributed by atoms with E-state index in [1.807, 2.05) is 7.11 Å². The van der Waals surface area contributed by atoms with Gasteiger partial charge >= 0.3 is 0 Å². The monoisotopic (exact) mass is 352 g/mol. The Morgan fingerprint density at radius 3 is 2.04 bits per heavy atom. The molecule has 0 aliphatic heterocycles. The van der Waals surface area contributed by atoms with Crippen LogP contribution in [0.15, 0.2) is 12.1 Å². The molecule has 3 aliphatic carbocycles. The van der Waals surface area contributed by atoms with Gasteiger partial charge in [0, 0.05) is 7.11 Å². The quantitative estimate of drug-likeness (QED) is 0.609. The molecule has 4 rings (SSSR count). The van der Waals surface area contributed by atoms with Crippen molar-refractivity contribution in [1.29, 1.82) is 0 Å². The summed E-state index contributed by atoms with van der Waals surface area (Å²) >= 11 is 0. The summed E-state index contributed by atoms with van der Waals surface area (Å²) < 4.78 is 46.0. The van der Waals surface area contributed by atoms with Crippen LogP contribution in [0.3, 0.4) is 0 Å². The molecule has 3 saturated carbocycles. The summed E-state index contributed by atoms with van der Waals surface area (Å²) in [6.07, 6.45) is 9.61. The van der Waals surface area contributed by atoms with Crippen molar-refractivity contribution in [3.05, 3.63) is 35.1 Å². The lowest BCUT2D eigenvalue weighted by Gasteiger charge is -2.50. The van der Waals surface area contributed by atoms with E-state index >= 15 is 0 Å². The maximum absolute atomic E-state index is 13.6. The van der Waals surface area contributed by atoms with E-state index in [0.29, 0.717) is 17.6 Å². The van der Waals surface area contributed by atoms with Crippen LogP contribution in [-0.2, 0) is 4.74 Å². The van der Waals surface area contributed by atoms with Gasteiger partial charge in [-0.1, -0.05) is 0 Å². The van der Waals surface area contributed by atoms with Gasteiger partial charge in [0.25, 0.3) is 0 Å². The van der Waals surface area contributed by atoms with Crippen molar-refractivity contribution in [2.45, 2.75) is 63.4 Å². The van der Waals surface area contributed by atoms with Gasteiger partial charge in [-0.15, -0.1) is 0 Å². The van der Waals surface area contributed by atoms with Crippen LogP contribution in [0.25, 0.3) is 0 Å². The van der Waals surface area contributed by atoms with Crippen molar-refractivity contribution >= 4 is 0 Å². The van der Waals surface area contributed by atoms with Crippen LogP contribution in [0.2, 0.25) is 0 Å². The Morgan fingerprint density at radius 2 is 1.40 bits per heavy atom. The minimum Gasteiger partial charge on any atom is -0.381 e. The number of methoxy groups -OCH3 is 1. The molecule has 1 nitrogen and oxygen atoms in total. The minimum atomic E-state index is -1.35. The molecule has 0 spiro atoms. The fraction of sp³-hybridized carbons (Fsp3) is 0.714. The molecule has 1 aromatic carbocycles. The van der Waals surface area contributed by atoms with Gasteiger partial charge in [-0.2, -0.15) is 0 Å². The maximum Gasteiger partial charge on any atom is 0.194 e. The van der Waals surface area contributed by atoms with Gasteiger partial charge in [0.05, 0.1) is 6.10 Å². The lowest BCUT2D eigenvalue weighted by atomic mass is 9.56. The first-order chi connectivity index (χ1) is 12.1. The van der Waals surface area contributed by atoms with E-state index in [-0.39, 0.29) is 5.92 Å². The first-order valence-electron chi connectivity index (χ1n) is 9.74. The molecule has 3 aliphatic rings. The van der Waals surface area contributed by atoms with Crippen LogP contribution < -0.4 is 0 Å². The summed E-state index contributed by atoms with van der Waals surface area (Å²) in [5, 5.41) is 0. The van der Waals surface area contributed by atoms with Crippen LogP contribution >= 0.6 is 0 Å². The third kappa shape index (κ3) is 3.22. The molecule has 0 radical (unpaired) electrons. The Hall–Kier alpha value is -1.03. The molecule has 3 fully saturated rings. The average molecular weight is 352 g/mol. The topological polar surface area (TPSA) is 9.23 Å². The molecule has 0 heterocycles. The van der Waals surface area contributed by atoms with Crippen molar-refractivity contribution in [2.24, 2.45) is 23.7 Å². The predicted octanol–water partition coefficient (Wildman–Crippen LogP) is 5.83. The highest BCUT2D eigenvalue weighted by molar-refractivity contribution is 5.24. The third-order valence-electron chi connectivity index (χ3n) is 7.30. The number of fused-ring (bicyclic) bond motifs is 3. The second-order valence-electron chi connectivity index (χ2n) is 8.40. The molecule has 6 atom stereocenters. The summed E-state index contributed by atoms with van der Waals surface area (Å²) in [5.74, 6) is -0.314. The zero-order chi connectivity index (χ0) is 17.6. The summed E-state index contributed by atoms with van der Waals surface area (Å²) in [7, 11) is 1.82. The Kier molecular flexibility index (Phi) is 4.83. The standard InChI is InChI=1S/C21H27F3O/c1-25-16-5-7-18-14(9-16)3-2-13-8-12(4-6-17(13)18)15-10-19(22)21(24)20(23)11-15/h10-14,16-18H,2-9H2,1H3. The molecule has 0 saturated heterocycles. The normalized spacial score (nSPS) is 38.1. The third-order valence-corrected chi connectivity index (χ3v) is 7.30. The van der Waals surface area contributed by atoms with Crippen molar-refractivity contribution in [3.63, 3.8) is 0 Å². The van der Waals surface area contributed by atoms with Crippen molar-refractivity contribution in [2.75, 3.05) is 7.11 Å². The fourth-order valence-corrected chi connectivity index (χ4v) is 6.08.